The van der Waals surface area contributed by atoms with Crippen LogP contribution in [0, 0.1) is 0 Å². The lowest BCUT2D eigenvalue weighted by atomic mass is 10.2. The third-order valence-corrected chi connectivity index (χ3v) is 3.89. The molecule has 0 atom stereocenters. The van der Waals surface area contributed by atoms with Gasteiger partial charge < -0.3 is 5.11 Å². The SMILES string of the molecule is CS(=O)(=O)SCc1ccc(O)cc1. The highest BCUT2D eigenvalue weighted by Gasteiger charge is 2.02. The number of benzene rings is 1. The summed E-state index contributed by atoms with van der Waals surface area (Å²) in [5, 5.41) is 8.96. The first-order valence-electron chi connectivity index (χ1n) is 3.60. The van der Waals surface area contributed by atoms with Crippen LogP contribution in [0.2, 0.25) is 0 Å². The largest absolute Gasteiger partial charge is 0.508 e. The van der Waals surface area contributed by atoms with Gasteiger partial charge in [-0.05, 0) is 28.5 Å². The molecular formula is C8H10O3S2. The fourth-order valence-corrected chi connectivity index (χ4v) is 2.36. The van der Waals surface area contributed by atoms with Crippen LogP contribution in [-0.4, -0.2) is 19.8 Å². The van der Waals surface area contributed by atoms with Gasteiger partial charge in [-0.2, -0.15) is 0 Å². The van der Waals surface area contributed by atoms with Crippen molar-refractivity contribution in [1.82, 2.24) is 0 Å². The van der Waals surface area contributed by atoms with E-state index in [1.165, 1.54) is 18.4 Å². The molecule has 5 heteroatoms. The van der Waals surface area contributed by atoms with Gasteiger partial charge in [-0.3, -0.25) is 0 Å². The van der Waals surface area contributed by atoms with Crippen molar-refractivity contribution >= 4 is 19.7 Å². The Kier molecular flexibility index (Phi) is 3.22. The number of phenols is 1. The summed E-state index contributed by atoms with van der Waals surface area (Å²) in [4.78, 5) is 0. The molecule has 0 aliphatic carbocycles. The lowest BCUT2D eigenvalue weighted by Crippen LogP contribution is -1.89. The zero-order valence-electron chi connectivity index (χ0n) is 7.10. The van der Waals surface area contributed by atoms with Gasteiger partial charge in [-0.25, -0.2) is 8.42 Å². The summed E-state index contributed by atoms with van der Waals surface area (Å²) in [6.07, 6.45) is 1.18. The smallest absolute Gasteiger partial charge is 0.199 e. The van der Waals surface area contributed by atoms with Crippen LogP contribution in [0.1, 0.15) is 5.56 Å². The minimum absolute atomic E-state index is 0.188. The third-order valence-electron chi connectivity index (χ3n) is 1.38. The van der Waals surface area contributed by atoms with Crippen molar-refractivity contribution in [2.75, 3.05) is 6.26 Å². The molecule has 0 aromatic heterocycles. The second-order valence-corrected chi connectivity index (χ2v) is 7.09. The Hall–Kier alpha value is -0.680. The van der Waals surface area contributed by atoms with Crippen molar-refractivity contribution in [3.05, 3.63) is 29.8 Å². The predicted molar refractivity (Wildman–Crippen MR) is 54.2 cm³/mol. The molecule has 0 saturated heterocycles. The molecule has 13 heavy (non-hydrogen) atoms. The molecule has 0 saturated carbocycles. The Morgan fingerprint density at radius 1 is 1.31 bits per heavy atom. The van der Waals surface area contributed by atoms with Crippen molar-refractivity contribution < 1.29 is 13.5 Å². The molecule has 0 spiro atoms. The van der Waals surface area contributed by atoms with Crippen molar-refractivity contribution in [3.63, 3.8) is 0 Å². The van der Waals surface area contributed by atoms with E-state index in [4.69, 9.17) is 5.11 Å². The van der Waals surface area contributed by atoms with Crippen LogP contribution in [0.15, 0.2) is 24.3 Å². The second kappa shape index (κ2) is 4.02. The first-order valence-corrected chi connectivity index (χ1v) is 6.99. The van der Waals surface area contributed by atoms with Crippen LogP contribution in [0.4, 0.5) is 0 Å². The highest BCUT2D eigenvalue weighted by atomic mass is 33.1. The summed E-state index contributed by atoms with van der Waals surface area (Å²) in [5.41, 5.74) is 0.883. The quantitative estimate of drug-likeness (QED) is 0.783. The second-order valence-electron chi connectivity index (χ2n) is 2.63. The topological polar surface area (TPSA) is 54.4 Å². The third kappa shape index (κ3) is 4.19. The first-order chi connectivity index (χ1) is 5.97. The minimum atomic E-state index is -2.98. The molecule has 0 radical (unpaired) electrons. The van der Waals surface area contributed by atoms with E-state index in [-0.39, 0.29) is 5.75 Å². The molecule has 0 fully saturated rings. The summed E-state index contributed by atoms with van der Waals surface area (Å²) in [6.45, 7) is 0. The lowest BCUT2D eigenvalue weighted by Gasteiger charge is -1.99. The van der Waals surface area contributed by atoms with Crippen LogP contribution < -0.4 is 0 Å². The average Bonchev–Trinajstić information content (AvgIpc) is 2.02. The van der Waals surface area contributed by atoms with E-state index < -0.39 is 8.87 Å². The molecule has 1 N–H and O–H groups in total. The van der Waals surface area contributed by atoms with Crippen molar-refractivity contribution in [1.29, 1.82) is 0 Å². The fraction of sp³-hybridized carbons (Fsp3) is 0.250. The lowest BCUT2D eigenvalue weighted by molar-refractivity contribution is 0.475. The van der Waals surface area contributed by atoms with Crippen molar-refractivity contribution in [2.45, 2.75) is 5.75 Å². The van der Waals surface area contributed by atoms with Crippen LogP contribution >= 0.6 is 10.8 Å². The molecule has 0 amide bonds. The van der Waals surface area contributed by atoms with E-state index in [1.54, 1.807) is 12.1 Å². The Morgan fingerprint density at radius 2 is 1.85 bits per heavy atom. The Bertz CT molecular complexity index is 367. The molecule has 3 nitrogen and oxygen atoms in total. The molecule has 1 aromatic rings. The molecule has 0 bridgehead atoms. The van der Waals surface area contributed by atoms with Gasteiger partial charge in [-0.15, -0.1) is 0 Å². The Labute approximate surface area is 81.1 Å². The average molecular weight is 218 g/mol. The number of phenolic OH excluding ortho intramolecular Hbond substituents is 1. The molecule has 1 rings (SSSR count). The normalized spacial score (nSPS) is 11.5. The zero-order chi connectivity index (χ0) is 9.90. The maximum Gasteiger partial charge on any atom is 0.199 e. The van der Waals surface area contributed by atoms with Crippen LogP contribution in [0.25, 0.3) is 0 Å². The fourth-order valence-electron chi connectivity index (χ4n) is 0.767. The summed E-state index contributed by atoms with van der Waals surface area (Å²) in [5.74, 6) is 0.604. The summed E-state index contributed by atoms with van der Waals surface area (Å²) in [7, 11) is -2.10. The van der Waals surface area contributed by atoms with Gasteiger partial charge in [0.15, 0.2) is 8.87 Å². The first kappa shape index (κ1) is 10.4. The van der Waals surface area contributed by atoms with E-state index in [1.807, 2.05) is 0 Å². The molecule has 1 aromatic carbocycles. The van der Waals surface area contributed by atoms with Gasteiger partial charge in [0.25, 0.3) is 0 Å². The van der Waals surface area contributed by atoms with E-state index >= 15 is 0 Å². The van der Waals surface area contributed by atoms with Gasteiger partial charge in [0.1, 0.15) is 5.75 Å². The van der Waals surface area contributed by atoms with E-state index in [2.05, 4.69) is 0 Å². The van der Waals surface area contributed by atoms with E-state index in [0.29, 0.717) is 5.75 Å². The highest BCUT2D eigenvalue weighted by Crippen LogP contribution is 2.19. The Balaban J connectivity index is 2.61. The number of rotatable bonds is 3. The summed E-state index contributed by atoms with van der Waals surface area (Å²) in [6, 6.07) is 6.48. The van der Waals surface area contributed by atoms with E-state index in [0.717, 1.165) is 16.4 Å². The van der Waals surface area contributed by atoms with Crippen LogP contribution in [0.5, 0.6) is 5.75 Å². The minimum Gasteiger partial charge on any atom is -0.508 e. The van der Waals surface area contributed by atoms with Gasteiger partial charge in [-0.1, -0.05) is 12.1 Å². The van der Waals surface area contributed by atoms with Gasteiger partial charge in [0, 0.05) is 12.0 Å². The van der Waals surface area contributed by atoms with Gasteiger partial charge >= 0.3 is 0 Å². The maximum absolute atomic E-state index is 10.8. The monoisotopic (exact) mass is 218 g/mol. The van der Waals surface area contributed by atoms with E-state index in [9.17, 15) is 8.42 Å². The predicted octanol–water partition coefficient (Wildman–Crippen LogP) is 1.58. The molecule has 0 aliphatic heterocycles. The van der Waals surface area contributed by atoms with Crippen LogP contribution in [0.3, 0.4) is 0 Å². The summed E-state index contributed by atoms with van der Waals surface area (Å²) >= 11 is 0. The standard InChI is InChI=1S/C8H10O3S2/c1-13(10,11)12-6-7-2-4-8(9)5-3-7/h2-5,9H,6H2,1H3. The molecule has 72 valence electrons. The van der Waals surface area contributed by atoms with Crippen LogP contribution in [-0.2, 0) is 14.6 Å². The number of hydrogen-bond donors (Lipinski definition) is 1. The van der Waals surface area contributed by atoms with Gasteiger partial charge in [0.05, 0.1) is 0 Å². The maximum atomic E-state index is 10.8. The molecular weight excluding hydrogens is 208 g/mol. The summed E-state index contributed by atoms with van der Waals surface area (Å²) < 4.78 is 21.6. The highest BCUT2D eigenvalue weighted by molar-refractivity contribution is 8.71. The Morgan fingerprint density at radius 3 is 2.31 bits per heavy atom. The number of aromatic hydroxyl groups is 1. The van der Waals surface area contributed by atoms with Crippen molar-refractivity contribution in [3.8, 4) is 5.75 Å². The zero-order valence-corrected chi connectivity index (χ0v) is 8.73. The number of hydrogen-bond acceptors (Lipinski definition) is 4. The molecule has 0 unspecified atom stereocenters. The molecule has 0 heterocycles. The van der Waals surface area contributed by atoms with Gasteiger partial charge in [0.2, 0.25) is 0 Å². The van der Waals surface area contributed by atoms with Crippen molar-refractivity contribution in [2.24, 2.45) is 0 Å². The molecule has 0 aliphatic rings.